The topological polar surface area (TPSA) is 56.2 Å². The zero-order valence-corrected chi connectivity index (χ0v) is 8.52. The van der Waals surface area contributed by atoms with E-state index >= 15 is 0 Å². The Bertz CT molecular complexity index is 534. The average Bonchev–Trinajstić information content (AvgIpc) is 2.88. The average molecular weight is 223 g/mol. The van der Waals surface area contributed by atoms with Crippen molar-refractivity contribution in [3.8, 4) is 0 Å². The molecule has 0 atom stereocenters. The minimum absolute atomic E-state index is 0.246. The third kappa shape index (κ3) is 1.30. The molecule has 1 saturated heterocycles. The molecule has 1 aliphatic heterocycles. The van der Waals surface area contributed by atoms with E-state index in [9.17, 15) is 9.60 Å². The molecule has 0 bridgehead atoms. The van der Waals surface area contributed by atoms with Gasteiger partial charge in [0.05, 0.1) is 5.69 Å². The van der Waals surface area contributed by atoms with Gasteiger partial charge in [-0.1, -0.05) is 0 Å². The molecular weight excluding hydrogens is 213 g/mol. The van der Waals surface area contributed by atoms with Crippen molar-refractivity contribution in [3.63, 3.8) is 0 Å². The predicted octanol–water partition coefficient (Wildman–Crippen LogP) is 1.20. The number of anilines is 1. The minimum Gasteiger partial charge on any atom is -0.369 e. The second-order valence-electron chi connectivity index (χ2n) is 3.92. The number of nitrogens with zero attached hydrogens (tertiary/aromatic N) is 3. The Labute approximate surface area is 90.6 Å². The van der Waals surface area contributed by atoms with E-state index in [1.165, 1.54) is 12.1 Å². The summed E-state index contributed by atoms with van der Waals surface area (Å²) in [6, 6.07) is 2.74. The Morgan fingerprint density at radius 1 is 1.38 bits per heavy atom. The van der Waals surface area contributed by atoms with Crippen LogP contribution in [-0.4, -0.2) is 18.2 Å². The largest absolute Gasteiger partial charge is 0.369 e. The number of hydrogen-bond donors (Lipinski definition) is 0. The van der Waals surface area contributed by atoms with Crippen molar-refractivity contribution in [1.29, 1.82) is 0 Å². The monoisotopic (exact) mass is 223 g/mol. The summed E-state index contributed by atoms with van der Waals surface area (Å²) in [6.45, 7) is 1.65. The van der Waals surface area contributed by atoms with Crippen LogP contribution in [0.15, 0.2) is 16.8 Å². The van der Waals surface area contributed by atoms with E-state index in [-0.39, 0.29) is 16.9 Å². The molecule has 1 aromatic carbocycles. The molecule has 0 unspecified atom stereocenters. The number of halogens is 1. The lowest BCUT2D eigenvalue weighted by Gasteiger charge is -2.17. The van der Waals surface area contributed by atoms with E-state index in [1.807, 2.05) is 4.90 Å². The number of benzene rings is 1. The molecule has 1 fully saturated rings. The Balaban J connectivity index is 2.15. The summed E-state index contributed by atoms with van der Waals surface area (Å²) in [5, 5.41) is 14.7. The molecule has 84 valence electrons. The molecule has 2 aromatic rings. The Morgan fingerprint density at radius 3 is 2.88 bits per heavy atom. The molecule has 6 heteroatoms. The minimum atomic E-state index is -0.358. The molecule has 0 radical (unpaired) electrons. The molecule has 16 heavy (non-hydrogen) atoms. The number of fused-ring (bicyclic) bond motifs is 1. The van der Waals surface area contributed by atoms with E-state index in [0.29, 0.717) is 10.6 Å². The third-order valence-electron chi connectivity index (χ3n) is 2.90. The smallest absolute Gasteiger partial charge is 0.251 e. The van der Waals surface area contributed by atoms with Crippen LogP contribution < -0.4 is 9.80 Å². The van der Waals surface area contributed by atoms with Gasteiger partial charge in [-0.15, -0.1) is 0 Å². The Hall–Kier alpha value is -1.85. The van der Waals surface area contributed by atoms with Crippen molar-refractivity contribution >= 4 is 16.7 Å². The fourth-order valence-corrected chi connectivity index (χ4v) is 2.09. The zero-order valence-electron chi connectivity index (χ0n) is 8.52. The zero-order chi connectivity index (χ0) is 11.1. The lowest BCUT2D eigenvalue weighted by molar-refractivity contribution is -0.782. The summed E-state index contributed by atoms with van der Waals surface area (Å²) in [5.41, 5.74) is 0.969. The van der Waals surface area contributed by atoms with Crippen LogP contribution in [0.3, 0.4) is 0 Å². The Kier molecular flexibility index (Phi) is 1.95. The summed E-state index contributed by atoms with van der Waals surface area (Å²) in [5.74, 6) is -0.358. The normalized spacial score (nSPS) is 16.2. The standard InChI is InChI=1S/C10H10FN3O2/c11-7-5-8-10(14(15)16-12-8)6-9(7)13-3-1-2-4-13/h5-6H,1-4H2. The molecule has 3 rings (SSSR count). The first-order valence-electron chi connectivity index (χ1n) is 5.19. The SMILES string of the molecule is [O-][n+]1onc2cc(F)c(N3CCCC3)cc21. The van der Waals surface area contributed by atoms with Crippen molar-refractivity contribution in [1.82, 2.24) is 5.16 Å². The van der Waals surface area contributed by atoms with Crippen molar-refractivity contribution in [2.24, 2.45) is 0 Å². The summed E-state index contributed by atoms with van der Waals surface area (Å²) in [4.78, 5) is 2.23. The van der Waals surface area contributed by atoms with Crippen molar-refractivity contribution in [2.75, 3.05) is 18.0 Å². The van der Waals surface area contributed by atoms with Gasteiger partial charge in [0.1, 0.15) is 0 Å². The molecule has 0 aliphatic carbocycles. The van der Waals surface area contributed by atoms with Gasteiger partial charge >= 0.3 is 0 Å². The molecule has 0 amide bonds. The molecule has 1 aromatic heterocycles. The number of hydrogen-bond acceptors (Lipinski definition) is 4. The van der Waals surface area contributed by atoms with Gasteiger partial charge in [0.25, 0.3) is 5.52 Å². The Morgan fingerprint density at radius 2 is 2.12 bits per heavy atom. The summed E-state index contributed by atoms with van der Waals surface area (Å²) in [7, 11) is 0. The van der Waals surface area contributed by atoms with Crippen LogP contribution in [0.1, 0.15) is 12.8 Å². The van der Waals surface area contributed by atoms with Gasteiger partial charge in [0.2, 0.25) is 5.52 Å². The predicted molar refractivity (Wildman–Crippen MR) is 54.4 cm³/mol. The van der Waals surface area contributed by atoms with Crippen LogP contribution in [0, 0.1) is 11.0 Å². The summed E-state index contributed by atoms with van der Waals surface area (Å²) in [6.07, 6.45) is 2.11. The van der Waals surface area contributed by atoms with Crippen molar-refractivity contribution < 1.29 is 13.9 Å². The van der Waals surface area contributed by atoms with Crippen molar-refractivity contribution in [3.05, 3.63) is 23.2 Å². The first-order chi connectivity index (χ1) is 7.75. The van der Waals surface area contributed by atoms with Gasteiger partial charge in [0, 0.05) is 30.4 Å². The van der Waals surface area contributed by atoms with Crippen LogP contribution in [0.2, 0.25) is 0 Å². The maximum Gasteiger partial charge on any atom is 0.251 e. The van der Waals surface area contributed by atoms with Gasteiger partial charge in [-0.25, -0.2) is 4.39 Å². The molecule has 1 aliphatic rings. The van der Waals surface area contributed by atoms with Crippen LogP contribution in [0.25, 0.3) is 11.0 Å². The van der Waals surface area contributed by atoms with Gasteiger partial charge in [-0.05, 0) is 17.7 Å². The highest BCUT2D eigenvalue weighted by Crippen LogP contribution is 2.26. The highest BCUT2D eigenvalue weighted by molar-refractivity contribution is 5.76. The maximum atomic E-state index is 13.7. The van der Waals surface area contributed by atoms with Crippen LogP contribution >= 0.6 is 0 Å². The van der Waals surface area contributed by atoms with Gasteiger partial charge in [-0.3, -0.25) is 4.63 Å². The first kappa shape index (κ1) is 9.38. The highest BCUT2D eigenvalue weighted by Gasteiger charge is 2.20. The second-order valence-corrected chi connectivity index (χ2v) is 3.92. The highest BCUT2D eigenvalue weighted by atomic mass is 19.1. The van der Waals surface area contributed by atoms with E-state index in [1.54, 1.807) is 0 Å². The lowest BCUT2D eigenvalue weighted by Crippen LogP contribution is -2.24. The molecule has 5 nitrogen and oxygen atoms in total. The third-order valence-corrected chi connectivity index (χ3v) is 2.90. The van der Waals surface area contributed by atoms with E-state index in [0.717, 1.165) is 25.9 Å². The summed E-state index contributed by atoms with van der Waals surface area (Å²) < 4.78 is 18.2. The van der Waals surface area contributed by atoms with Crippen LogP contribution in [0.4, 0.5) is 10.1 Å². The van der Waals surface area contributed by atoms with Gasteiger partial charge < -0.3 is 10.1 Å². The molecule has 0 saturated carbocycles. The lowest BCUT2D eigenvalue weighted by atomic mass is 10.2. The van der Waals surface area contributed by atoms with Crippen LogP contribution in [-0.2, 0) is 0 Å². The second kappa shape index (κ2) is 3.33. The molecular formula is C10H10FN3O2. The first-order valence-corrected chi connectivity index (χ1v) is 5.19. The fourth-order valence-electron chi connectivity index (χ4n) is 2.09. The number of aromatic nitrogens is 2. The van der Waals surface area contributed by atoms with Gasteiger partial charge in [-0.2, -0.15) is 0 Å². The molecule has 2 heterocycles. The van der Waals surface area contributed by atoms with E-state index in [4.69, 9.17) is 0 Å². The van der Waals surface area contributed by atoms with E-state index in [2.05, 4.69) is 9.79 Å². The fraction of sp³-hybridized carbons (Fsp3) is 0.400. The van der Waals surface area contributed by atoms with Gasteiger partial charge in [0.15, 0.2) is 5.82 Å². The quantitative estimate of drug-likeness (QED) is 0.681. The van der Waals surface area contributed by atoms with Crippen LogP contribution in [0.5, 0.6) is 0 Å². The molecule has 0 N–H and O–H groups in total. The van der Waals surface area contributed by atoms with Crippen molar-refractivity contribution in [2.45, 2.75) is 12.8 Å². The van der Waals surface area contributed by atoms with E-state index < -0.39 is 0 Å². The summed E-state index contributed by atoms with van der Waals surface area (Å²) >= 11 is 0. The number of rotatable bonds is 1. The molecule has 0 spiro atoms. The maximum absolute atomic E-state index is 13.7.